The monoisotopic (exact) mass is 232 g/mol. The van der Waals surface area contributed by atoms with Crippen molar-refractivity contribution in [1.82, 2.24) is 0 Å². The predicted octanol–water partition coefficient (Wildman–Crippen LogP) is 2.20. The van der Waals surface area contributed by atoms with E-state index < -0.39 is 18.3 Å². The lowest BCUT2D eigenvalue weighted by atomic mass is 10.0. The normalized spacial score (nSPS) is 12.3. The van der Waals surface area contributed by atoms with Gasteiger partial charge in [-0.05, 0) is 23.3 Å². The van der Waals surface area contributed by atoms with E-state index in [0.717, 1.165) is 12.1 Å². The Morgan fingerprint density at radius 3 is 2.38 bits per heavy atom. The van der Waals surface area contributed by atoms with Crippen LogP contribution in [0.3, 0.4) is 0 Å². The average Bonchev–Trinajstić information content (AvgIpc) is 2.24. The van der Waals surface area contributed by atoms with Crippen molar-refractivity contribution in [2.75, 3.05) is 6.61 Å². The van der Waals surface area contributed by atoms with Crippen LogP contribution in [0.4, 0.5) is 13.2 Å². The summed E-state index contributed by atoms with van der Waals surface area (Å²) >= 11 is 0. The number of rotatable bonds is 3. The first-order chi connectivity index (χ1) is 7.49. The van der Waals surface area contributed by atoms with Gasteiger partial charge in [0.15, 0.2) is 0 Å². The van der Waals surface area contributed by atoms with E-state index >= 15 is 0 Å². The highest BCUT2D eigenvalue weighted by molar-refractivity contribution is 5.54. The minimum absolute atomic E-state index is 0.180. The summed E-state index contributed by atoms with van der Waals surface area (Å²) in [6.07, 6.45) is -1.56. The molecule has 0 aliphatic rings. The molecule has 0 saturated heterocycles. The zero-order valence-corrected chi connectivity index (χ0v) is 8.33. The van der Waals surface area contributed by atoms with Crippen LogP contribution in [0.25, 0.3) is 6.08 Å². The zero-order valence-electron chi connectivity index (χ0n) is 8.33. The number of hydrogen-bond donors (Lipinski definition) is 2. The third-order valence-electron chi connectivity index (χ3n) is 2.04. The van der Waals surface area contributed by atoms with Crippen molar-refractivity contribution in [1.29, 1.82) is 0 Å². The van der Waals surface area contributed by atoms with Gasteiger partial charge in [-0.1, -0.05) is 18.2 Å². The van der Waals surface area contributed by atoms with Gasteiger partial charge >= 0.3 is 6.18 Å². The second-order valence-electron chi connectivity index (χ2n) is 3.15. The highest BCUT2D eigenvalue weighted by Crippen LogP contribution is 2.30. The summed E-state index contributed by atoms with van der Waals surface area (Å²) in [5.74, 6) is 0. The molecule has 1 aromatic carbocycles. The quantitative estimate of drug-likeness (QED) is 0.838. The fourth-order valence-electron chi connectivity index (χ4n) is 1.26. The molecule has 0 atom stereocenters. The third-order valence-corrected chi connectivity index (χ3v) is 2.04. The van der Waals surface area contributed by atoms with Gasteiger partial charge in [0.2, 0.25) is 0 Å². The van der Waals surface area contributed by atoms with Crippen molar-refractivity contribution in [2.45, 2.75) is 12.8 Å². The SMILES string of the molecule is OCC=Cc1ccc(C(F)(F)F)cc1CO. The Morgan fingerprint density at radius 2 is 1.88 bits per heavy atom. The molecule has 0 bridgehead atoms. The van der Waals surface area contributed by atoms with Crippen LogP contribution >= 0.6 is 0 Å². The number of aliphatic hydroxyl groups is 2. The first-order valence-corrected chi connectivity index (χ1v) is 4.57. The van der Waals surface area contributed by atoms with Gasteiger partial charge in [-0.2, -0.15) is 13.2 Å². The Kier molecular flexibility index (Phi) is 4.09. The minimum atomic E-state index is -4.41. The minimum Gasteiger partial charge on any atom is -0.392 e. The molecule has 0 fully saturated rings. The maximum atomic E-state index is 12.3. The molecule has 0 saturated carbocycles. The number of hydrogen-bond acceptors (Lipinski definition) is 2. The molecule has 1 rings (SSSR count). The Labute approximate surface area is 90.7 Å². The second kappa shape index (κ2) is 5.14. The Hall–Kier alpha value is -1.33. The van der Waals surface area contributed by atoms with Gasteiger partial charge in [-0.3, -0.25) is 0 Å². The fourth-order valence-corrected chi connectivity index (χ4v) is 1.26. The number of aliphatic hydroxyl groups excluding tert-OH is 2. The lowest BCUT2D eigenvalue weighted by Gasteiger charge is -2.10. The second-order valence-corrected chi connectivity index (χ2v) is 3.15. The van der Waals surface area contributed by atoms with Gasteiger partial charge in [0.05, 0.1) is 18.8 Å². The Bertz CT molecular complexity index is 383. The number of alkyl halides is 3. The molecular formula is C11H11F3O2. The van der Waals surface area contributed by atoms with Crippen LogP contribution in [0.2, 0.25) is 0 Å². The molecule has 0 aliphatic carbocycles. The molecule has 1 aromatic rings. The number of benzene rings is 1. The molecule has 16 heavy (non-hydrogen) atoms. The summed E-state index contributed by atoms with van der Waals surface area (Å²) in [6, 6.07) is 3.10. The van der Waals surface area contributed by atoms with Crippen LogP contribution in [-0.2, 0) is 12.8 Å². The van der Waals surface area contributed by atoms with E-state index in [1.54, 1.807) is 0 Å². The van der Waals surface area contributed by atoms with Crippen LogP contribution in [-0.4, -0.2) is 16.8 Å². The van der Waals surface area contributed by atoms with E-state index in [4.69, 9.17) is 10.2 Å². The maximum Gasteiger partial charge on any atom is 0.416 e. The molecular weight excluding hydrogens is 221 g/mol. The van der Waals surface area contributed by atoms with E-state index in [1.165, 1.54) is 18.2 Å². The van der Waals surface area contributed by atoms with E-state index in [-0.39, 0.29) is 12.2 Å². The van der Waals surface area contributed by atoms with Gasteiger partial charge in [-0.15, -0.1) is 0 Å². The first kappa shape index (κ1) is 12.7. The lowest BCUT2D eigenvalue weighted by molar-refractivity contribution is -0.137. The lowest BCUT2D eigenvalue weighted by Crippen LogP contribution is -2.06. The highest BCUT2D eigenvalue weighted by Gasteiger charge is 2.30. The summed E-state index contributed by atoms with van der Waals surface area (Å²) in [7, 11) is 0. The van der Waals surface area contributed by atoms with Gasteiger partial charge < -0.3 is 10.2 Å². The third kappa shape index (κ3) is 3.08. The van der Waals surface area contributed by atoms with Crippen molar-refractivity contribution in [3.05, 3.63) is 41.0 Å². The molecule has 5 heteroatoms. The van der Waals surface area contributed by atoms with Crippen molar-refractivity contribution >= 4 is 6.08 Å². The molecule has 0 unspecified atom stereocenters. The molecule has 0 spiro atoms. The molecule has 2 nitrogen and oxygen atoms in total. The summed E-state index contributed by atoms with van der Waals surface area (Å²) in [4.78, 5) is 0. The standard InChI is InChI=1S/C11H11F3O2/c12-11(13,14)10-4-3-8(2-1-5-15)9(6-10)7-16/h1-4,6,15-16H,5,7H2. The molecule has 0 aromatic heterocycles. The van der Waals surface area contributed by atoms with Crippen molar-refractivity contribution in [2.24, 2.45) is 0 Å². The van der Waals surface area contributed by atoms with Crippen molar-refractivity contribution < 1.29 is 23.4 Å². The fraction of sp³-hybridized carbons (Fsp3) is 0.273. The summed E-state index contributed by atoms with van der Waals surface area (Å²) in [5, 5.41) is 17.5. The van der Waals surface area contributed by atoms with Crippen LogP contribution in [0.1, 0.15) is 16.7 Å². The highest BCUT2D eigenvalue weighted by atomic mass is 19.4. The van der Waals surface area contributed by atoms with Crippen LogP contribution < -0.4 is 0 Å². The van der Waals surface area contributed by atoms with Crippen LogP contribution in [0.15, 0.2) is 24.3 Å². The molecule has 0 heterocycles. The maximum absolute atomic E-state index is 12.3. The van der Waals surface area contributed by atoms with Crippen LogP contribution in [0.5, 0.6) is 0 Å². The molecule has 2 N–H and O–H groups in total. The topological polar surface area (TPSA) is 40.5 Å². The van der Waals surface area contributed by atoms with Gasteiger partial charge in [0.1, 0.15) is 0 Å². The van der Waals surface area contributed by atoms with Crippen molar-refractivity contribution in [3.8, 4) is 0 Å². The predicted molar refractivity (Wildman–Crippen MR) is 53.5 cm³/mol. The Balaban J connectivity index is 3.12. The molecule has 0 radical (unpaired) electrons. The summed E-state index contributed by atoms with van der Waals surface area (Å²) in [6.45, 7) is -0.680. The van der Waals surface area contributed by atoms with E-state index in [1.807, 2.05) is 0 Å². The van der Waals surface area contributed by atoms with E-state index in [2.05, 4.69) is 0 Å². The molecule has 0 aliphatic heterocycles. The van der Waals surface area contributed by atoms with E-state index in [9.17, 15) is 13.2 Å². The van der Waals surface area contributed by atoms with Crippen molar-refractivity contribution in [3.63, 3.8) is 0 Å². The van der Waals surface area contributed by atoms with Gasteiger partial charge in [-0.25, -0.2) is 0 Å². The van der Waals surface area contributed by atoms with Gasteiger partial charge in [0, 0.05) is 0 Å². The summed E-state index contributed by atoms with van der Waals surface area (Å²) in [5.41, 5.74) is -0.151. The first-order valence-electron chi connectivity index (χ1n) is 4.57. The van der Waals surface area contributed by atoms with E-state index in [0.29, 0.717) is 5.56 Å². The average molecular weight is 232 g/mol. The Morgan fingerprint density at radius 1 is 1.19 bits per heavy atom. The molecule has 88 valence electrons. The summed E-state index contributed by atoms with van der Waals surface area (Å²) < 4.78 is 37.0. The number of halogens is 3. The largest absolute Gasteiger partial charge is 0.416 e. The van der Waals surface area contributed by atoms with Crippen LogP contribution in [0, 0.1) is 0 Å². The molecule has 0 amide bonds. The zero-order chi connectivity index (χ0) is 12.2. The van der Waals surface area contributed by atoms with Gasteiger partial charge in [0.25, 0.3) is 0 Å². The smallest absolute Gasteiger partial charge is 0.392 e.